The fraction of sp³-hybridized carbons (Fsp3) is 0.438. The van der Waals surface area contributed by atoms with Crippen molar-refractivity contribution in [1.29, 1.82) is 0 Å². The maximum atomic E-state index is 12.2. The van der Waals surface area contributed by atoms with Crippen LogP contribution in [0.25, 0.3) is 0 Å². The van der Waals surface area contributed by atoms with E-state index in [4.69, 9.17) is 0 Å². The van der Waals surface area contributed by atoms with Crippen molar-refractivity contribution in [3.63, 3.8) is 0 Å². The highest BCUT2D eigenvalue weighted by atomic mass is 16.3. The molecule has 0 unspecified atom stereocenters. The number of carbonyl (C=O) groups excluding carboxylic acids is 2. The number of nitrogens with one attached hydrogen (secondary N) is 1. The molecule has 1 aromatic rings. The summed E-state index contributed by atoms with van der Waals surface area (Å²) in [4.78, 5) is 29.7. The first-order valence-electron chi connectivity index (χ1n) is 7.53. The molecule has 1 aliphatic carbocycles. The van der Waals surface area contributed by atoms with E-state index in [1.807, 2.05) is 4.90 Å². The van der Waals surface area contributed by atoms with Crippen LogP contribution in [0.5, 0.6) is 5.75 Å². The molecule has 2 N–H and O–H groups in total. The fourth-order valence-electron chi connectivity index (χ4n) is 3.05. The molecule has 2 amide bonds. The van der Waals surface area contributed by atoms with Crippen molar-refractivity contribution in [3.05, 3.63) is 36.2 Å². The van der Waals surface area contributed by atoms with Crippen LogP contribution in [0.15, 0.2) is 30.5 Å². The predicted molar refractivity (Wildman–Crippen MR) is 80.2 cm³/mol. The van der Waals surface area contributed by atoms with E-state index in [1.165, 1.54) is 12.3 Å². The molecule has 0 bridgehead atoms. The zero-order chi connectivity index (χ0) is 15.5. The van der Waals surface area contributed by atoms with E-state index in [2.05, 4.69) is 22.5 Å². The van der Waals surface area contributed by atoms with Gasteiger partial charge in [-0.3, -0.25) is 9.59 Å². The highest BCUT2D eigenvalue weighted by Crippen LogP contribution is 2.34. The van der Waals surface area contributed by atoms with Crippen molar-refractivity contribution < 1.29 is 14.7 Å². The van der Waals surface area contributed by atoms with Crippen molar-refractivity contribution in [1.82, 2.24) is 15.2 Å². The topological polar surface area (TPSA) is 82.5 Å². The SMILES string of the molecule is O=C(NCCC(=O)N1C[C@@H]2CC=CC[C@@H]21)c1ncccc1O. The van der Waals surface area contributed by atoms with E-state index >= 15 is 0 Å². The minimum Gasteiger partial charge on any atom is -0.505 e. The number of carbonyl (C=O) groups is 2. The summed E-state index contributed by atoms with van der Waals surface area (Å²) in [6.45, 7) is 1.07. The Morgan fingerprint density at radius 3 is 2.95 bits per heavy atom. The number of nitrogens with zero attached hydrogens (tertiary/aromatic N) is 2. The van der Waals surface area contributed by atoms with Crippen LogP contribution < -0.4 is 5.32 Å². The smallest absolute Gasteiger partial charge is 0.273 e. The average Bonchev–Trinajstić information content (AvgIpc) is 2.49. The Labute approximate surface area is 128 Å². The highest BCUT2D eigenvalue weighted by molar-refractivity contribution is 5.94. The van der Waals surface area contributed by atoms with E-state index in [0.717, 1.165) is 19.4 Å². The number of likely N-dealkylation sites (tertiary alicyclic amines) is 1. The second-order valence-electron chi connectivity index (χ2n) is 5.69. The van der Waals surface area contributed by atoms with Crippen LogP contribution in [0.2, 0.25) is 0 Å². The monoisotopic (exact) mass is 301 g/mol. The molecule has 0 saturated carbocycles. The maximum absolute atomic E-state index is 12.2. The minimum atomic E-state index is -0.465. The Balaban J connectivity index is 1.45. The second-order valence-corrected chi connectivity index (χ2v) is 5.69. The van der Waals surface area contributed by atoms with Gasteiger partial charge >= 0.3 is 0 Å². The number of aromatic hydroxyl groups is 1. The van der Waals surface area contributed by atoms with Gasteiger partial charge in [0.2, 0.25) is 5.91 Å². The Hall–Kier alpha value is -2.37. The molecule has 6 nitrogen and oxygen atoms in total. The van der Waals surface area contributed by atoms with Gasteiger partial charge in [0.1, 0.15) is 5.75 Å². The molecule has 2 atom stereocenters. The summed E-state index contributed by atoms with van der Waals surface area (Å²) in [6.07, 6.45) is 8.02. The molecule has 6 heteroatoms. The first-order valence-corrected chi connectivity index (χ1v) is 7.53. The standard InChI is InChI=1S/C16H19N3O3/c20-13-6-3-8-17-15(13)16(22)18-9-7-14(21)19-10-11-4-1-2-5-12(11)19/h1-3,6,8,11-12,20H,4-5,7,9-10H2,(H,18,22)/t11-,12-/m0/s1. The Morgan fingerprint density at radius 2 is 2.18 bits per heavy atom. The molecule has 1 saturated heterocycles. The molecule has 1 fully saturated rings. The zero-order valence-corrected chi connectivity index (χ0v) is 12.2. The van der Waals surface area contributed by atoms with Gasteiger partial charge in [0, 0.05) is 37.7 Å². The Morgan fingerprint density at radius 1 is 1.36 bits per heavy atom. The van der Waals surface area contributed by atoms with Gasteiger partial charge in [0.05, 0.1) is 0 Å². The van der Waals surface area contributed by atoms with Crippen LogP contribution in [-0.2, 0) is 4.79 Å². The fourth-order valence-corrected chi connectivity index (χ4v) is 3.05. The molecule has 1 aromatic heterocycles. The van der Waals surface area contributed by atoms with Gasteiger partial charge in [0.25, 0.3) is 5.91 Å². The quantitative estimate of drug-likeness (QED) is 0.815. The number of aromatic nitrogens is 1. The van der Waals surface area contributed by atoms with Crippen LogP contribution in [0.3, 0.4) is 0 Å². The summed E-state index contributed by atoms with van der Waals surface area (Å²) in [6, 6.07) is 3.30. The third-order valence-corrected chi connectivity index (χ3v) is 4.31. The summed E-state index contributed by atoms with van der Waals surface area (Å²) < 4.78 is 0. The predicted octanol–water partition coefficient (Wildman–Crippen LogP) is 1.08. The largest absolute Gasteiger partial charge is 0.505 e. The van der Waals surface area contributed by atoms with Crippen molar-refractivity contribution in [2.75, 3.05) is 13.1 Å². The van der Waals surface area contributed by atoms with E-state index < -0.39 is 5.91 Å². The van der Waals surface area contributed by atoms with Crippen LogP contribution >= 0.6 is 0 Å². The van der Waals surface area contributed by atoms with Gasteiger partial charge in [-0.25, -0.2) is 4.98 Å². The van der Waals surface area contributed by atoms with E-state index in [-0.39, 0.29) is 30.3 Å². The molecular weight excluding hydrogens is 282 g/mol. The molecule has 0 radical (unpaired) electrons. The molecule has 0 spiro atoms. The molecule has 2 heterocycles. The lowest BCUT2D eigenvalue weighted by Gasteiger charge is -2.49. The van der Waals surface area contributed by atoms with Crippen LogP contribution in [0.1, 0.15) is 29.8 Å². The van der Waals surface area contributed by atoms with Gasteiger partial charge in [-0.1, -0.05) is 12.2 Å². The minimum absolute atomic E-state index is 0.0172. The van der Waals surface area contributed by atoms with Gasteiger partial charge in [-0.2, -0.15) is 0 Å². The van der Waals surface area contributed by atoms with Crippen LogP contribution in [0.4, 0.5) is 0 Å². The van der Waals surface area contributed by atoms with E-state index in [0.29, 0.717) is 12.0 Å². The summed E-state index contributed by atoms with van der Waals surface area (Å²) in [5.74, 6) is 0.0509. The average molecular weight is 301 g/mol. The van der Waals surface area contributed by atoms with Gasteiger partial charge in [-0.15, -0.1) is 0 Å². The summed E-state index contributed by atoms with van der Waals surface area (Å²) >= 11 is 0. The Bertz CT molecular complexity index is 614. The van der Waals surface area contributed by atoms with Gasteiger partial charge in [-0.05, 0) is 25.0 Å². The number of fused-ring (bicyclic) bond motifs is 1. The first kappa shape index (κ1) is 14.6. The van der Waals surface area contributed by atoms with E-state index in [1.54, 1.807) is 6.07 Å². The second kappa shape index (κ2) is 6.17. The Kier molecular flexibility index (Phi) is 4.09. The number of hydrogen-bond acceptors (Lipinski definition) is 4. The lowest BCUT2D eigenvalue weighted by atomic mass is 9.80. The number of allylic oxidation sites excluding steroid dienone is 1. The molecule has 1 aliphatic heterocycles. The summed E-state index contributed by atoms with van der Waals surface area (Å²) in [5.41, 5.74) is -0.0172. The third kappa shape index (κ3) is 2.81. The molecule has 3 rings (SSSR count). The highest BCUT2D eigenvalue weighted by Gasteiger charge is 2.40. The molecule has 0 aromatic carbocycles. The van der Waals surface area contributed by atoms with Crippen molar-refractivity contribution in [2.45, 2.75) is 25.3 Å². The van der Waals surface area contributed by atoms with E-state index in [9.17, 15) is 14.7 Å². The molecular formula is C16H19N3O3. The van der Waals surface area contributed by atoms with Crippen molar-refractivity contribution >= 4 is 11.8 Å². The zero-order valence-electron chi connectivity index (χ0n) is 12.2. The van der Waals surface area contributed by atoms with Gasteiger partial charge in [0.15, 0.2) is 5.69 Å². The summed E-state index contributed by atoms with van der Waals surface area (Å²) in [5, 5.41) is 12.2. The normalized spacial score (nSPS) is 22.6. The number of rotatable bonds is 4. The molecule has 22 heavy (non-hydrogen) atoms. The number of hydrogen-bond donors (Lipinski definition) is 2. The van der Waals surface area contributed by atoms with Gasteiger partial charge < -0.3 is 15.3 Å². The number of pyridine rings is 1. The number of amides is 2. The first-order chi connectivity index (χ1) is 10.7. The lowest BCUT2D eigenvalue weighted by molar-refractivity contribution is -0.143. The lowest BCUT2D eigenvalue weighted by Crippen LogP contribution is -2.59. The van der Waals surface area contributed by atoms with Crippen molar-refractivity contribution in [3.8, 4) is 5.75 Å². The maximum Gasteiger partial charge on any atom is 0.273 e. The van der Waals surface area contributed by atoms with Crippen molar-refractivity contribution in [2.24, 2.45) is 5.92 Å². The molecule has 116 valence electrons. The van der Waals surface area contributed by atoms with Crippen LogP contribution in [-0.4, -0.2) is 45.9 Å². The summed E-state index contributed by atoms with van der Waals surface area (Å²) in [7, 11) is 0. The molecule has 2 aliphatic rings. The van der Waals surface area contributed by atoms with Crippen LogP contribution in [0, 0.1) is 5.92 Å². The third-order valence-electron chi connectivity index (χ3n) is 4.31.